The minimum absolute atomic E-state index is 0.0966. The molecule has 0 atom stereocenters. The van der Waals surface area contributed by atoms with Gasteiger partial charge in [-0.05, 0) is 48.5 Å². The number of nitrogens with zero attached hydrogens (tertiary/aromatic N) is 1. The van der Waals surface area contributed by atoms with Gasteiger partial charge in [-0.2, -0.15) is 0 Å². The summed E-state index contributed by atoms with van der Waals surface area (Å²) in [4.78, 5) is 34.3. The number of ether oxygens (including phenoxy) is 2. The molecule has 0 bridgehead atoms. The molecule has 3 rings (SSSR count). The average Bonchev–Trinajstić information content (AvgIpc) is 2.83. The highest BCUT2D eigenvalue weighted by Crippen LogP contribution is 2.31. The average molecular weight is 485 g/mol. The highest BCUT2D eigenvalue weighted by molar-refractivity contribution is 7.92. The van der Waals surface area contributed by atoms with Crippen LogP contribution in [0.25, 0.3) is 0 Å². The van der Waals surface area contributed by atoms with E-state index in [0.717, 1.165) is 6.07 Å². The van der Waals surface area contributed by atoms with Crippen LogP contribution in [-0.2, 0) is 14.8 Å². The number of amides is 1. The summed E-state index contributed by atoms with van der Waals surface area (Å²) in [7, 11) is -1.60. The summed E-state index contributed by atoms with van der Waals surface area (Å²) < 4.78 is 37.5. The number of methoxy groups -OCH3 is 2. The van der Waals surface area contributed by atoms with E-state index in [1.165, 1.54) is 62.8 Å². The highest BCUT2D eigenvalue weighted by Gasteiger charge is 2.20. The first-order valence-corrected chi connectivity index (χ1v) is 11.1. The minimum Gasteiger partial charge on any atom is -0.495 e. The van der Waals surface area contributed by atoms with Gasteiger partial charge in [-0.25, -0.2) is 13.2 Å². The summed E-state index contributed by atoms with van der Waals surface area (Å²) in [6.45, 7) is 0. The van der Waals surface area contributed by atoms with Crippen LogP contribution in [0.15, 0.2) is 71.6 Å². The van der Waals surface area contributed by atoms with Gasteiger partial charge < -0.3 is 14.8 Å². The van der Waals surface area contributed by atoms with Crippen molar-refractivity contribution in [2.45, 2.75) is 4.90 Å². The molecule has 11 nitrogen and oxygen atoms in total. The zero-order chi connectivity index (χ0) is 24.9. The van der Waals surface area contributed by atoms with Gasteiger partial charge in [0.25, 0.3) is 21.6 Å². The Morgan fingerprint density at radius 2 is 1.65 bits per heavy atom. The number of nitro groups is 1. The molecule has 3 aromatic carbocycles. The number of rotatable bonds is 8. The van der Waals surface area contributed by atoms with Crippen LogP contribution in [0.5, 0.6) is 5.75 Å². The Labute approximate surface area is 194 Å². The summed E-state index contributed by atoms with van der Waals surface area (Å²) in [5, 5.41) is 13.6. The Bertz CT molecular complexity index is 1350. The van der Waals surface area contributed by atoms with Crippen molar-refractivity contribution in [2.24, 2.45) is 0 Å². The standard InChI is InChI=1S/C22H19N3O8S/c1-32-20-11-8-17(25(28)29)13-19(20)24-34(30,31)18-9-6-14(7-10-18)21(26)23-16-5-3-4-15(12-16)22(27)33-2/h3-13,24H,1-2H3,(H,23,26). The van der Waals surface area contributed by atoms with Crippen molar-refractivity contribution < 1.29 is 32.4 Å². The van der Waals surface area contributed by atoms with E-state index >= 15 is 0 Å². The van der Waals surface area contributed by atoms with Gasteiger partial charge in [0, 0.05) is 23.4 Å². The van der Waals surface area contributed by atoms with Gasteiger partial charge in [-0.15, -0.1) is 0 Å². The minimum atomic E-state index is -4.14. The van der Waals surface area contributed by atoms with Crippen molar-refractivity contribution in [2.75, 3.05) is 24.3 Å². The van der Waals surface area contributed by atoms with Gasteiger partial charge in [-0.3, -0.25) is 19.6 Å². The van der Waals surface area contributed by atoms with E-state index in [1.807, 2.05) is 0 Å². The van der Waals surface area contributed by atoms with Crippen LogP contribution in [-0.4, -0.2) is 39.4 Å². The maximum Gasteiger partial charge on any atom is 0.337 e. The van der Waals surface area contributed by atoms with Crippen molar-refractivity contribution >= 4 is 39.0 Å². The molecule has 1 amide bonds. The second-order valence-electron chi connectivity index (χ2n) is 6.80. The zero-order valence-corrected chi connectivity index (χ0v) is 18.8. The lowest BCUT2D eigenvalue weighted by Crippen LogP contribution is -2.15. The molecule has 3 aromatic rings. The van der Waals surface area contributed by atoms with Crippen molar-refractivity contribution in [1.82, 2.24) is 0 Å². The van der Waals surface area contributed by atoms with E-state index < -0.39 is 26.8 Å². The Balaban J connectivity index is 1.78. The lowest BCUT2D eigenvalue weighted by Gasteiger charge is -2.12. The van der Waals surface area contributed by atoms with Crippen LogP contribution < -0.4 is 14.8 Å². The van der Waals surface area contributed by atoms with Gasteiger partial charge in [0.2, 0.25) is 0 Å². The Kier molecular flexibility index (Phi) is 7.12. The van der Waals surface area contributed by atoms with E-state index in [9.17, 15) is 28.1 Å². The number of carbonyl (C=O) groups is 2. The van der Waals surface area contributed by atoms with Crippen LogP contribution in [0.4, 0.5) is 17.1 Å². The molecule has 0 saturated carbocycles. The third-order valence-electron chi connectivity index (χ3n) is 4.61. The first-order valence-electron chi connectivity index (χ1n) is 9.59. The second-order valence-corrected chi connectivity index (χ2v) is 8.48. The monoisotopic (exact) mass is 485 g/mol. The number of anilines is 2. The first kappa shape index (κ1) is 24.2. The molecule has 2 N–H and O–H groups in total. The SMILES string of the molecule is COC(=O)c1cccc(NC(=O)c2ccc(S(=O)(=O)Nc3cc([N+](=O)[O-])ccc3OC)cc2)c1. The molecule has 0 aromatic heterocycles. The van der Waals surface area contributed by atoms with Gasteiger partial charge in [0.15, 0.2) is 0 Å². The van der Waals surface area contributed by atoms with E-state index in [2.05, 4.69) is 14.8 Å². The fourth-order valence-corrected chi connectivity index (χ4v) is 3.98. The van der Waals surface area contributed by atoms with E-state index in [1.54, 1.807) is 12.1 Å². The summed E-state index contributed by atoms with van der Waals surface area (Å²) in [6.07, 6.45) is 0. The van der Waals surface area contributed by atoms with Gasteiger partial charge in [0.05, 0.1) is 35.3 Å². The van der Waals surface area contributed by atoms with Crippen molar-refractivity contribution in [1.29, 1.82) is 0 Å². The predicted molar refractivity (Wildman–Crippen MR) is 123 cm³/mol. The van der Waals surface area contributed by atoms with Gasteiger partial charge >= 0.3 is 5.97 Å². The van der Waals surface area contributed by atoms with Crippen LogP contribution in [0.2, 0.25) is 0 Å². The summed E-state index contributed by atoms with van der Waals surface area (Å²) >= 11 is 0. The van der Waals surface area contributed by atoms with Crippen LogP contribution in [0.3, 0.4) is 0 Å². The maximum absolute atomic E-state index is 12.8. The fraction of sp³-hybridized carbons (Fsp3) is 0.0909. The lowest BCUT2D eigenvalue weighted by atomic mass is 10.1. The van der Waals surface area contributed by atoms with Crippen LogP contribution >= 0.6 is 0 Å². The van der Waals surface area contributed by atoms with Gasteiger partial charge in [0.1, 0.15) is 5.75 Å². The summed E-state index contributed by atoms with van der Waals surface area (Å²) in [5.74, 6) is -0.989. The van der Waals surface area contributed by atoms with Crippen LogP contribution in [0.1, 0.15) is 20.7 Å². The molecule has 0 radical (unpaired) electrons. The normalized spacial score (nSPS) is 10.8. The molecule has 0 heterocycles. The van der Waals surface area contributed by atoms with Crippen molar-refractivity contribution in [3.63, 3.8) is 0 Å². The fourth-order valence-electron chi connectivity index (χ4n) is 2.92. The number of carbonyl (C=O) groups excluding carboxylic acids is 2. The predicted octanol–water partition coefficient (Wildman–Crippen LogP) is 3.44. The molecule has 0 unspecified atom stereocenters. The van der Waals surface area contributed by atoms with E-state index in [0.29, 0.717) is 5.69 Å². The molecule has 176 valence electrons. The molecule has 0 aliphatic heterocycles. The molecule has 12 heteroatoms. The lowest BCUT2D eigenvalue weighted by molar-refractivity contribution is -0.384. The number of sulfonamides is 1. The maximum atomic E-state index is 12.8. The third kappa shape index (κ3) is 5.48. The Morgan fingerprint density at radius 1 is 0.941 bits per heavy atom. The number of esters is 1. The number of nitro benzene ring substituents is 1. The van der Waals surface area contributed by atoms with Crippen molar-refractivity contribution in [3.05, 3.63) is 88.0 Å². The molecule has 0 saturated heterocycles. The van der Waals surface area contributed by atoms with E-state index in [4.69, 9.17) is 4.74 Å². The summed E-state index contributed by atoms with van der Waals surface area (Å²) in [5.41, 5.74) is 0.342. The molecule has 0 aliphatic rings. The quantitative estimate of drug-likeness (QED) is 0.279. The second kappa shape index (κ2) is 10.0. The number of hydrogen-bond acceptors (Lipinski definition) is 8. The Morgan fingerprint density at radius 3 is 2.26 bits per heavy atom. The molecular formula is C22H19N3O8S. The molecular weight excluding hydrogens is 466 g/mol. The molecule has 0 fully saturated rings. The smallest absolute Gasteiger partial charge is 0.337 e. The van der Waals surface area contributed by atoms with E-state index in [-0.39, 0.29) is 33.1 Å². The number of benzene rings is 3. The van der Waals surface area contributed by atoms with Crippen LogP contribution in [0, 0.1) is 10.1 Å². The third-order valence-corrected chi connectivity index (χ3v) is 5.99. The van der Waals surface area contributed by atoms with Gasteiger partial charge in [-0.1, -0.05) is 6.07 Å². The number of non-ortho nitro benzene ring substituents is 1. The zero-order valence-electron chi connectivity index (χ0n) is 18.0. The largest absolute Gasteiger partial charge is 0.495 e. The topological polar surface area (TPSA) is 154 Å². The first-order chi connectivity index (χ1) is 16.1. The molecule has 0 aliphatic carbocycles. The molecule has 34 heavy (non-hydrogen) atoms. The molecule has 0 spiro atoms. The highest BCUT2D eigenvalue weighted by atomic mass is 32.2. The summed E-state index contributed by atoms with van der Waals surface area (Å²) in [6, 6.07) is 14.7. The van der Waals surface area contributed by atoms with Crippen molar-refractivity contribution in [3.8, 4) is 5.75 Å². The number of hydrogen-bond donors (Lipinski definition) is 2. The number of nitrogens with one attached hydrogen (secondary N) is 2. The Hall–Kier alpha value is -4.45.